The molecule has 0 aliphatic heterocycles. The molecule has 2 heterocycles. The molecule has 2 N–H and O–H groups in total. The average Bonchev–Trinajstić information content (AvgIpc) is 3.04. The third kappa shape index (κ3) is 3.95. The Hall–Kier alpha value is -3.03. The Balaban J connectivity index is 2.20. The number of carbonyl (C=O) groups excluding carboxylic acids is 1. The number of carboxylic acid groups (broad SMARTS) is 1. The standard InChI is InChI=1S/C20H15ClN2O4S/c1-10-14(7-8-16(24)25)15(9-22-20(10)27)19-17(23-11(2)28-19)18(26)12-3-5-13(21)6-4-12/h3-9H,1-2H3,(H,22,27)(H,24,25). The van der Waals surface area contributed by atoms with Gasteiger partial charge in [0, 0.05) is 34.0 Å². The molecule has 0 radical (unpaired) electrons. The van der Waals surface area contributed by atoms with Crippen molar-refractivity contribution in [2.24, 2.45) is 0 Å². The smallest absolute Gasteiger partial charge is 0.328 e. The maximum atomic E-state index is 13.0. The summed E-state index contributed by atoms with van der Waals surface area (Å²) in [4.78, 5) is 43.6. The molecule has 0 bridgehead atoms. The quantitative estimate of drug-likeness (QED) is 0.483. The first-order valence-electron chi connectivity index (χ1n) is 8.19. The van der Waals surface area contributed by atoms with E-state index in [4.69, 9.17) is 16.7 Å². The summed E-state index contributed by atoms with van der Waals surface area (Å²) in [6.45, 7) is 3.37. The normalized spacial score (nSPS) is 11.1. The maximum absolute atomic E-state index is 13.0. The summed E-state index contributed by atoms with van der Waals surface area (Å²) in [5, 5.41) is 10.2. The number of aromatic nitrogens is 2. The van der Waals surface area contributed by atoms with Gasteiger partial charge in [-0.25, -0.2) is 9.78 Å². The molecule has 28 heavy (non-hydrogen) atoms. The van der Waals surface area contributed by atoms with E-state index in [1.165, 1.54) is 23.6 Å². The molecule has 3 aromatic rings. The molecule has 1 aromatic carbocycles. The molecule has 0 atom stereocenters. The number of benzene rings is 1. The van der Waals surface area contributed by atoms with Crippen molar-refractivity contribution >= 4 is 40.8 Å². The second-order valence-electron chi connectivity index (χ2n) is 5.99. The SMILES string of the molecule is Cc1nc(C(=O)c2ccc(Cl)cc2)c(-c2c[nH]c(=O)c(C)c2C=CC(=O)O)s1. The molecule has 0 saturated heterocycles. The van der Waals surface area contributed by atoms with Crippen LogP contribution in [0.25, 0.3) is 16.5 Å². The molecule has 0 fully saturated rings. The fourth-order valence-corrected chi connectivity index (χ4v) is 3.78. The highest BCUT2D eigenvalue weighted by Gasteiger charge is 2.22. The predicted octanol–water partition coefficient (Wildman–Crippen LogP) is 4.10. The van der Waals surface area contributed by atoms with E-state index in [-0.39, 0.29) is 17.0 Å². The van der Waals surface area contributed by atoms with Crippen molar-refractivity contribution in [3.05, 3.63) is 79.3 Å². The molecule has 0 saturated carbocycles. The first kappa shape index (κ1) is 19.7. The van der Waals surface area contributed by atoms with Crippen LogP contribution in [0.15, 0.2) is 41.3 Å². The lowest BCUT2D eigenvalue weighted by atomic mass is 10.00. The van der Waals surface area contributed by atoms with Crippen LogP contribution in [0.3, 0.4) is 0 Å². The third-order valence-electron chi connectivity index (χ3n) is 4.08. The molecule has 3 rings (SSSR count). The highest BCUT2D eigenvalue weighted by atomic mass is 35.5. The number of pyridine rings is 1. The molecule has 142 valence electrons. The Morgan fingerprint density at radius 3 is 2.54 bits per heavy atom. The number of halogens is 1. The van der Waals surface area contributed by atoms with Gasteiger partial charge >= 0.3 is 5.97 Å². The molecule has 0 aliphatic carbocycles. The molecule has 0 spiro atoms. The zero-order chi connectivity index (χ0) is 20.4. The van der Waals surface area contributed by atoms with E-state index >= 15 is 0 Å². The fourth-order valence-electron chi connectivity index (χ4n) is 2.71. The van der Waals surface area contributed by atoms with Gasteiger partial charge in [0.1, 0.15) is 5.69 Å². The highest BCUT2D eigenvalue weighted by Crippen LogP contribution is 2.34. The number of nitrogens with zero attached hydrogens (tertiary/aromatic N) is 1. The van der Waals surface area contributed by atoms with Crippen LogP contribution in [-0.4, -0.2) is 26.8 Å². The predicted molar refractivity (Wildman–Crippen MR) is 109 cm³/mol. The van der Waals surface area contributed by atoms with Gasteiger partial charge in [-0.05, 0) is 49.8 Å². The van der Waals surface area contributed by atoms with Crippen LogP contribution < -0.4 is 5.56 Å². The zero-order valence-electron chi connectivity index (χ0n) is 14.9. The van der Waals surface area contributed by atoms with Crippen molar-refractivity contribution < 1.29 is 14.7 Å². The lowest BCUT2D eigenvalue weighted by molar-refractivity contribution is -0.131. The number of carboxylic acids is 1. The molecular weight excluding hydrogens is 400 g/mol. The summed E-state index contributed by atoms with van der Waals surface area (Å²) in [7, 11) is 0. The van der Waals surface area contributed by atoms with Crippen molar-refractivity contribution in [3.63, 3.8) is 0 Å². The van der Waals surface area contributed by atoms with Crippen LogP contribution in [-0.2, 0) is 4.79 Å². The van der Waals surface area contributed by atoms with Gasteiger partial charge in [-0.1, -0.05) is 11.6 Å². The van der Waals surface area contributed by atoms with Gasteiger partial charge in [-0.2, -0.15) is 0 Å². The molecule has 0 unspecified atom stereocenters. The fraction of sp³-hybridized carbons (Fsp3) is 0.100. The van der Waals surface area contributed by atoms with Crippen LogP contribution in [0.5, 0.6) is 0 Å². The number of hydrogen-bond acceptors (Lipinski definition) is 5. The number of hydrogen-bond donors (Lipinski definition) is 2. The Labute approximate surface area is 169 Å². The molecular formula is C20H15ClN2O4S. The van der Waals surface area contributed by atoms with Crippen LogP contribution in [0, 0.1) is 13.8 Å². The minimum absolute atomic E-state index is 0.237. The highest BCUT2D eigenvalue weighted by molar-refractivity contribution is 7.15. The summed E-state index contributed by atoms with van der Waals surface area (Å²) >= 11 is 7.19. The third-order valence-corrected chi connectivity index (χ3v) is 5.33. The van der Waals surface area contributed by atoms with E-state index < -0.39 is 5.97 Å². The Kier molecular flexibility index (Phi) is 5.58. The van der Waals surface area contributed by atoms with Crippen molar-refractivity contribution in [2.75, 3.05) is 0 Å². The van der Waals surface area contributed by atoms with Crippen LogP contribution >= 0.6 is 22.9 Å². The summed E-state index contributed by atoms with van der Waals surface area (Å²) in [5.74, 6) is -1.42. The van der Waals surface area contributed by atoms with Crippen molar-refractivity contribution in [1.82, 2.24) is 9.97 Å². The van der Waals surface area contributed by atoms with Crippen LogP contribution in [0.1, 0.15) is 32.2 Å². The second kappa shape index (κ2) is 7.92. The average molecular weight is 415 g/mol. The monoisotopic (exact) mass is 414 g/mol. The van der Waals surface area contributed by atoms with E-state index in [1.54, 1.807) is 38.1 Å². The van der Waals surface area contributed by atoms with Crippen LogP contribution in [0.2, 0.25) is 5.02 Å². The van der Waals surface area contributed by atoms with E-state index in [2.05, 4.69) is 9.97 Å². The number of aliphatic carboxylic acids is 1. The first-order chi connectivity index (χ1) is 13.3. The number of carbonyl (C=O) groups is 2. The molecule has 2 aromatic heterocycles. The number of aromatic amines is 1. The number of ketones is 1. The van der Waals surface area contributed by atoms with Gasteiger partial charge in [0.2, 0.25) is 5.78 Å². The molecule has 6 nitrogen and oxygen atoms in total. The molecule has 8 heteroatoms. The number of H-pyrrole nitrogens is 1. The first-order valence-corrected chi connectivity index (χ1v) is 9.38. The lowest BCUT2D eigenvalue weighted by Crippen LogP contribution is -2.12. The number of rotatable bonds is 5. The second-order valence-corrected chi connectivity index (χ2v) is 7.63. The number of aryl methyl sites for hydroxylation is 1. The molecule has 0 aliphatic rings. The lowest BCUT2D eigenvalue weighted by Gasteiger charge is -2.08. The summed E-state index contributed by atoms with van der Waals surface area (Å²) < 4.78 is 0. The Bertz CT molecular complexity index is 1160. The Morgan fingerprint density at radius 1 is 1.21 bits per heavy atom. The van der Waals surface area contributed by atoms with Crippen molar-refractivity contribution in [3.8, 4) is 10.4 Å². The van der Waals surface area contributed by atoms with Gasteiger partial charge in [0.05, 0.1) is 9.88 Å². The van der Waals surface area contributed by atoms with Crippen LogP contribution in [0.4, 0.5) is 0 Å². The topological polar surface area (TPSA) is 100 Å². The van der Waals surface area contributed by atoms with Crippen molar-refractivity contribution in [1.29, 1.82) is 0 Å². The number of thiazole rings is 1. The van der Waals surface area contributed by atoms with Gasteiger partial charge in [0.25, 0.3) is 5.56 Å². The minimum atomic E-state index is -1.14. The minimum Gasteiger partial charge on any atom is -0.478 e. The van der Waals surface area contributed by atoms with E-state index in [0.717, 1.165) is 6.08 Å². The summed E-state index contributed by atoms with van der Waals surface area (Å²) in [6.07, 6.45) is 3.79. The molecule has 0 amide bonds. The van der Waals surface area contributed by atoms with Gasteiger partial charge in [-0.15, -0.1) is 11.3 Å². The zero-order valence-corrected chi connectivity index (χ0v) is 16.5. The van der Waals surface area contributed by atoms with E-state index in [9.17, 15) is 14.4 Å². The van der Waals surface area contributed by atoms with E-state index in [1.807, 2.05) is 0 Å². The van der Waals surface area contributed by atoms with Gasteiger partial charge in [0.15, 0.2) is 0 Å². The maximum Gasteiger partial charge on any atom is 0.328 e. The largest absolute Gasteiger partial charge is 0.478 e. The van der Waals surface area contributed by atoms with Gasteiger partial charge in [-0.3, -0.25) is 9.59 Å². The van der Waals surface area contributed by atoms with Gasteiger partial charge < -0.3 is 10.1 Å². The Morgan fingerprint density at radius 2 is 1.89 bits per heavy atom. The summed E-state index contributed by atoms with van der Waals surface area (Å²) in [5.41, 5.74) is 1.66. The number of nitrogens with one attached hydrogen (secondary N) is 1. The summed E-state index contributed by atoms with van der Waals surface area (Å²) in [6, 6.07) is 6.48. The van der Waals surface area contributed by atoms with Crippen molar-refractivity contribution in [2.45, 2.75) is 13.8 Å². The van der Waals surface area contributed by atoms with E-state index in [0.29, 0.717) is 37.2 Å².